The van der Waals surface area contributed by atoms with E-state index in [4.69, 9.17) is 0 Å². The number of carbonyl (C=O) groups excluding carboxylic acids is 2. The van der Waals surface area contributed by atoms with Crippen molar-refractivity contribution in [2.24, 2.45) is 0 Å². The molecule has 1 aliphatic rings. The summed E-state index contributed by atoms with van der Waals surface area (Å²) in [4.78, 5) is 27.3. The SMILES string of the molecule is CC[C@H](CO)NC(=O)[C@@H]1CCCCN1C(=O)c1cccs1. The lowest BCUT2D eigenvalue weighted by Crippen LogP contribution is -2.54. The molecule has 1 saturated heterocycles. The van der Waals surface area contributed by atoms with Crippen molar-refractivity contribution in [2.75, 3.05) is 13.2 Å². The molecule has 0 spiro atoms. The van der Waals surface area contributed by atoms with Gasteiger partial charge in [-0.2, -0.15) is 0 Å². The Kier molecular flexibility index (Phi) is 5.76. The van der Waals surface area contributed by atoms with Crippen LogP contribution in [-0.4, -0.2) is 47.1 Å². The molecule has 2 rings (SSSR count). The highest BCUT2D eigenvalue weighted by atomic mass is 32.1. The first-order valence-electron chi connectivity index (χ1n) is 7.43. The minimum Gasteiger partial charge on any atom is -0.394 e. The van der Waals surface area contributed by atoms with Gasteiger partial charge < -0.3 is 15.3 Å². The number of amides is 2. The fraction of sp³-hybridized carbons (Fsp3) is 0.600. The largest absolute Gasteiger partial charge is 0.394 e. The van der Waals surface area contributed by atoms with Crippen molar-refractivity contribution in [2.45, 2.75) is 44.7 Å². The number of aliphatic hydroxyl groups excluding tert-OH is 1. The number of nitrogens with zero attached hydrogens (tertiary/aromatic N) is 1. The number of hydrogen-bond donors (Lipinski definition) is 2. The summed E-state index contributed by atoms with van der Waals surface area (Å²) in [5, 5.41) is 13.9. The van der Waals surface area contributed by atoms with Crippen LogP contribution in [0, 0.1) is 0 Å². The second-order valence-electron chi connectivity index (χ2n) is 5.28. The highest BCUT2D eigenvalue weighted by molar-refractivity contribution is 7.12. The number of rotatable bonds is 5. The quantitative estimate of drug-likeness (QED) is 0.868. The molecular formula is C15H22N2O3S. The van der Waals surface area contributed by atoms with Crippen LogP contribution < -0.4 is 5.32 Å². The van der Waals surface area contributed by atoms with Crippen molar-refractivity contribution in [3.8, 4) is 0 Å². The van der Waals surface area contributed by atoms with E-state index in [2.05, 4.69) is 5.32 Å². The maximum atomic E-state index is 12.5. The third kappa shape index (κ3) is 3.83. The van der Waals surface area contributed by atoms with Crippen LogP contribution in [0.3, 0.4) is 0 Å². The molecule has 0 saturated carbocycles. The van der Waals surface area contributed by atoms with Crippen LogP contribution in [0.5, 0.6) is 0 Å². The Morgan fingerprint density at radius 2 is 2.33 bits per heavy atom. The van der Waals surface area contributed by atoms with E-state index in [-0.39, 0.29) is 24.5 Å². The molecule has 2 amide bonds. The second-order valence-corrected chi connectivity index (χ2v) is 6.23. The Hall–Kier alpha value is -1.40. The molecule has 2 atom stereocenters. The predicted molar refractivity (Wildman–Crippen MR) is 82.3 cm³/mol. The first-order valence-corrected chi connectivity index (χ1v) is 8.31. The molecule has 0 bridgehead atoms. The minimum atomic E-state index is -0.422. The highest BCUT2D eigenvalue weighted by Crippen LogP contribution is 2.22. The normalized spacial score (nSPS) is 20.1. The zero-order valence-corrected chi connectivity index (χ0v) is 13.1. The average molecular weight is 310 g/mol. The summed E-state index contributed by atoms with van der Waals surface area (Å²) in [5.41, 5.74) is 0. The van der Waals surface area contributed by atoms with Gasteiger partial charge in [-0.05, 0) is 37.1 Å². The number of piperidine rings is 1. The van der Waals surface area contributed by atoms with Crippen LogP contribution in [0.25, 0.3) is 0 Å². The van der Waals surface area contributed by atoms with Gasteiger partial charge in [0, 0.05) is 6.54 Å². The van der Waals surface area contributed by atoms with E-state index in [1.807, 2.05) is 18.4 Å². The van der Waals surface area contributed by atoms with Crippen molar-refractivity contribution in [1.82, 2.24) is 10.2 Å². The van der Waals surface area contributed by atoms with Gasteiger partial charge in [-0.15, -0.1) is 11.3 Å². The lowest BCUT2D eigenvalue weighted by Gasteiger charge is -2.35. The molecule has 1 aliphatic heterocycles. The van der Waals surface area contributed by atoms with E-state index >= 15 is 0 Å². The molecule has 0 aromatic carbocycles. The summed E-state index contributed by atoms with van der Waals surface area (Å²) < 4.78 is 0. The van der Waals surface area contributed by atoms with Crippen molar-refractivity contribution in [3.63, 3.8) is 0 Å². The first-order chi connectivity index (χ1) is 10.2. The van der Waals surface area contributed by atoms with Crippen molar-refractivity contribution in [3.05, 3.63) is 22.4 Å². The van der Waals surface area contributed by atoms with Crippen LogP contribution in [0.4, 0.5) is 0 Å². The average Bonchev–Trinajstić information content (AvgIpc) is 3.06. The molecule has 1 fully saturated rings. The molecule has 1 aromatic heterocycles. The van der Waals surface area contributed by atoms with E-state index in [0.717, 1.165) is 12.8 Å². The molecular weight excluding hydrogens is 288 g/mol. The molecule has 0 radical (unpaired) electrons. The lowest BCUT2D eigenvalue weighted by atomic mass is 10.0. The van der Waals surface area contributed by atoms with Gasteiger partial charge in [-0.3, -0.25) is 9.59 Å². The van der Waals surface area contributed by atoms with Crippen LogP contribution in [0.1, 0.15) is 42.3 Å². The smallest absolute Gasteiger partial charge is 0.264 e. The highest BCUT2D eigenvalue weighted by Gasteiger charge is 2.33. The summed E-state index contributed by atoms with van der Waals surface area (Å²) in [6, 6.07) is 2.97. The molecule has 2 N–H and O–H groups in total. The predicted octanol–water partition coefficient (Wildman–Crippen LogP) is 1.63. The van der Waals surface area contributed by atoms with Gasteiger partial charge >= 0.3 is 0 Å². The van der Waals surface area contributed by atoms with E-state index in [1.54, 1.807) is 11.0 Å². The fourth-order valence-corrected chi connectivity index (χ4v) is 3.24. The van der Waals surface area contributed by atoms with Gasteiger partial charge in [-0.1, -0.05) is 13.0 Å². The Balaban J connectivity index is 2.08. The molecule has 21 heavy (non-hydrogen) atoms. The molecule has 0 aliphatic carbocycles. The number of carbonyl (C=O) groups is 2. The molecule has 0 unspecified atom stereocenters. The molecule has 2 heterocycles. The maximum Gasteiger partial charge on any atom is 0.264 e. The molecule has 6 heteroatoms. The van der Waals surface area contributed by atoms with Crippen molar-refractivity contribution < 1.29 is 14.7 Å². The van der Waals surface area contributed by atoms with Gasteiger partial charge in [0.15, 0.2) is 0 Å². The van der Waals surface area contributed by atoms with Gasteiger partial charge in [-0.25, -0.2) is 0 Å². The number of likely N-dealkylation sites (tertiary alicyclic amines) is 1. The number of aliphatic hydroxyl groups is 1. The number of hydrogen-bond acceptors (Lipinski definition) is 4. The summed E-state index contributed by atoms with van der Waals surface area (Å²) in [7, 11) is 0. The summed E-state index contributed by atoms with van der Waals surface area (Å²) >= 11 is 1.40. The van der Waals surface area contributed by atoms with Crippen LogP contribution in [0.15, 0.2) is 17.5 Å². The molecule has 5 nitrogen and oxygen atoms in total. The molecule has 116 valence electrons. The van der Waals surface area contributed by atoms with Crippen molar-refractivity contribution in [1.29, 1.82) is 0 Å². The van der Waals surface area contributed by atoms with Gasteiger partial charge in [0.1, 0.15) is 6.04 Å². The van der Waals surface area contributed by atoms with Gasteiger partial charge in [0.25, 0.3) is 5.91 Å². The third-order valence-electron chi connectivity index (χ3n) is 3.86. The minimum absolute atomic E-state index is 0.0677. The number of nitrogens with one attached hydrogen (secondary N) is 1. The summed E-state index contributed by atoms with van der Waals surface area (Å²) in [6.45, 7) is 2.45. The first kappa shape index (κ1) is 16.0. The van der Waals surface area contributed by atoms with Gasteiger partial charge in [0.2, 0.25) is 5.91 Å². The van der Waals surface area contributed by atoms with E-state index in [9.17, 15) is 14.7 Å². The summed E-state index contributed by atoms with van der Waals surface area (Å²) in [5.74, 6) is -0.220. The standard InChI is InChI=1S/C15H22N2O3S/c1-2-11(10-18)16-14(19)12-6-3-4-8-17(12)15(20)13-7-5-9-21-13/h5,7,9,11-12,18H,2-4,6,8,10H2,1H3,(H,16,19)/t11-,12+/m1/s1. The Labute approximate surface area is 129 Å². The van der Waals surface area contributed by atoms with E-state index in [0.29, 0.717) is 24.3 Å². The van der Waals surface area contributed by atoms with Gasteiger partial charge in [0.05, 0.1) is 17.5 Å². The maximum absolute atomic E-state index is 12.5. The van der Waals surface area contributed by atoms with E-state index < -0.39 is 6.04 Å². The van der Waals surface area contributed by atoms with Crippen LogP contribution >= 0.6 is 11.3 Å². The zero-order valence-electron chi connectivity index (χ0n) is 12.2. The Morgan fingerprint density at radius 1 is 1.52 bits per heavy atom. The second kappa shape index (κ2) is 7.56. The number of thiophene rings is 1. The third-order valence-corrected chi connectivity index (χ3v) is 4.72. The van der Waals surface area contributed by atoms with E-state index in [1.165, 1.54) is 11.3 Å². The van der Waals surface area contributed by atoms with Crippen LogP contribution in [-0.2, 0) is 4.79 Å². The topological polar surface area (TPSA) is 69.6 Å². The Bertz CT molecular complexity index is 471. The lowest BCUT2D eigenvalue weighted by molar-refractivity contribution is -0.127. The monoisotopic (exact) mass is 310 g/mol. The summed E-state index contributed by atoms with van der Waals surface area (Å²) in [6.07, 6.45) is 3.24. The Morgan fingerprint density at radius 3 is 2.95 bits per heavy atom. The zero-order chi connectivity index (χ0) is 15.2. The van der Waals surface area contributed by atoms with Crippen molar-refractivity contribution >= 4 is 23.2 Å². The molecule has 1 aromatic rings. The fourth-order valence-electron chi connectivity index (χ4n) is 2.56. The van der Waals surface area contributed by atoms with Crippen LogP contribution in [0.2, 0.25) is 0 Å².